The Hall–Kier alpha value is -2.90. The molecule has 0 bridgehead atoms. The lowest BCUT2D eigenvalue weighted by Crippen LogP contribution is -2.14. The number of amides is 1. The zero-order chi connectivity index (χ0) is 21.0. The fourth-order valence-electron chi connectivity index (χ4n) is 2.90. The highest BCUT2D eigenvalue weighted by molar-refractivity contribution is 7.92. The van der Waals surface area contributed by atoms with Crippen LogP contribution in [-0.2, 0) is 16.4 Å². The lowest BCUT2D eigenvalue weighted by atomic mass is 10.0. The molecule has 1 amide bonds. The highest BCUT2D eigenvalue weighted by atomic mass is 35.5. The first-order valence-corrected chi connectivity index (χ1v) is 11.2. The normalized spacial score (nSPS) is 11.1. The minimum Gasteiger partial charge on any atom is -0.322 e. The van der Waals surface area contributed by atoms with Crippen LogP contribution in [0.4, 0.5) is 11.4 Å². The van der Waals surface area contributed by atoms with E-state index in [4.69, 9.17) is 11.6 Å². The summed E-state index contributed by atoms with van der Waals surface area (Å²) in [6.07, 6.45) is 3.60. The van der Waals surface area contributed by atoms with Gasteiger partial charge in [0.1, 0.15) is 0 Å². The van der Waals surface area contributed by atoms with Crippen LogP contribution in [0.5, 0.6) is 0 Å². The molecule has 1 heterocycles. The molecular formula is C21H20ClN3O3S. The number of pyridine rings is 1. The average Bonchev–Trinajstić information content (AvgIpc) is 2.67. The van der Waals surface area contributed by atoms with Gasteiger partial charge in [-0.2, -0.15) is 0 Å². The van der Waals surface area contributed by atoms with Crippen LogP contribution in [0.2, 0.25) is 5.02 Å². The van der Waals surface area contributed by atoms with Crippen LogP contribution >= 0.6 is 11.6 Å². The van der Waals surface area contributed by atoms with Gasteiger partial charge in [-0.15, -0.1) is 0 Å². The highest BCUT2D eigenvalue weighted by Crippen LogP contribution is 2.27. The maximum Gasteiger partial charge on any atom is 0.257 e. The molecule has 0 saturated heterocycles. The van der Waals surface area contributed by atoms with Crippen molar-refractivity contribution in [2.24, 2.45) is 0 Å². The molecule has 3 rings (SSSR count). The van der Waals surface area contributed by atoms with Crippen LogP contribution in [0, 0.1) is 0 Å². The maximum atomic E-state index is 12.7. The van der Waals surface area contributed by atoms with E-state index in [2.05, 4.69) is 21.9 Å². The van der Waals surface area contributed by atoms with E-state index in [1.807, 2.05) is 36.4 Å². The van der Waals surface area contributed by atoms with Gasteiger partial charge in [0, 0.05) is 23.1 Å². The smallest absolute Gasteiger partial charge is 0.257 e. The van der Waals surface area contributed by atoms with E-state index in [1.54, 1.807) is 6.20 Å². The molecule has 150 valence electrons. The number of aryl methyl sites for hydroxylation is 1. The molecule has 1 aromatic heterocycles. The summed E-state index contributed by atoms with van der Waals surface area (Å²) in [5.74, 6) is -0.392. The number of carbonyl (C=O) groups excluding carboxylic acids is 1. The number of hydrogen-bond acceptors (Lipinski definition) is 4. The predicted octanol–water partition coefficient (Wildman–Crippen LogP) is 4.59. The lowest BCUT2D eigenvalue weighted by Gasteiger charge is -2.12. The standard InChI is InChI=1S/C21H20ClN3O3S/c1-3-14-7-8-15(12-18(14)20-6-4-5-11-23-20)24-21(26)17-10-9-16(13-19(17)22)25-29(2,27)28/h4-13,25H,3H2,1-2H3,(H,24,26). The third kappa shape index (κ3) is 5.34. The third-order valence-electron chi connectivity index (χ3n) is 4.21. The molecule has 6 nitrogen and oxygen atoms in total. The van der Waals surface area contributed by atoms with Crippen molar-refractivity contribution < 1.29 is 13.2 Å². The van der Waals surface area contributed by atoms with Gasteiger partial charge in [-0.25, -0.2) is 8.42 Å². The summed E-state index contributed by atoms with van der Waals surface area (Å²) >= 11 is 6.19. The minimum absolute atomic E-state index is 0.145. The van der Waals surface area contributed by atoms with Crippen LogP contribution in [-0.4, -0.2) is 25.6 Å². The SMILES string of the molecule is CCc1ccc(NC(=O)c2ccc(NS(C)(=O)=O)cc2Cl)cc1-c1ccccn1. The van der Waals surface area contributed by atoms with Gasteiger partial charge in [0.2, 0.25) is 10.0 Å². The molecule has 8 heteroatoms. The Morgan fingerprint density at radius 3 is 2.45 bits per heavy atom. The molecule has 0 spiro atoms. The van der Waals surface area contributed by atoms with Gasteiger partial charge in [0.05, 0.1) is 22.5 Å². The molecule has 0 aliphatic heterocycles. The molecule has 0 fully saturated rings. The van der Waals surface area contributed by atoms with Gasteiger partial charge < -0.3 is 5.32 Å². The second kappa shape index (κ2) is 8.63. The average molecular weight is 430 g/mol. The van der Waals surface area contributed by atoms with E-state index in [1.165, 1.54) is 18.2 Å². The molecular weight excluding hydrogens is 410 g/mol. The number of anilines is 2. The molecule has 0 aliphatic rings. The van der Waals surface area contributed by atoms with Crippen LogP contribution in [0.1, 0.15) is 22.8 Å². The van der Waals surface area contributed by atoms with Gasteiger partial charge in [-0.1, -0.05) is 30.7 Å². The number of nitrogens with zero attached hydrogens (tertiary/aromatic N) is 1. The van der Waals surface area contributed by atoms with Crippen molar-refractivity contribution in [2.75, 3.05) is 16.3 Å². The molecule has 0 unspecified atom stereocenters. The van der Waals surface area contributed by atoms with Crippen LogP contribution in [0.15, 0.2) is 60.8 Å². The van der Waals surface area contributed by atoms with Gasteiger partial charge in [-0.3, -0.25) is 14.5 Å². The zero-order valence-electron chi connectivity index (χ0n) is 15.9. The largest absolute Gasteiger partial charge is 0.322 e. The summed E-state index contributed by atoms with van der Waals surface area (Å²) in [6.45, 7) is 2.06. The first-order chi connectivity index (χ1) is 13.8. The van der Waals surface area contributed by atoms with Gasteiger partial charge in [0.25, 0.3) is 5.91 Å². The maximum absolute atomic E-state index is 12.7. The molecule has 0 aliphatic carbocycles. The highest BCUT2D eigenvalue weighted by Gasteiger charge is 2.14. The van der Waals surface area contributed by atoms with Crippen molar-refractivity contribution in [2.45, 2.75) is 13.3 Å². The van der Waals surface area contributed by atoms with E-state index in [9.17, 15) is 13.2 Å². The number of nitrogens with one attached hydrogen (secondary N) is 2. The van der Waals surface area contributed by atoms with Crippen molar-refractivity contribution in [1.82, 2.24) is 4.98 Å². The Labute approximate surface area is 175 Å². The van der Waals surface area contributed by atoms with Crippen molar-refractivity contribution in [1.29, 1.82) is 0 Å². The Morgan fingerprint density at radius 1 is 1.07 bits per heavy atom. The Kier molecular flexibility index (Phi) is 6.20. The van der Waals surface area contributed by atoms with Crippen LogP contribution in [0.3, 0.4) is 0 Å². The third-order valence-corrected chi connectivity index (χ3v) is 5.13. The number of rotatable bonds is 6. The molecule has 3 aromatic rings. The zero-order valence-corrected chi connectivity index (χ0v) is 17.5. The van der Waals surface area contributed by atoms with Gasteiger partial charge in [0.15, 0.2) is 0 Å². The van der Waals surface area contributed by atoms with Gasteiger partial charge >= 0.3 is 0 Å². The molecule has 0 saturated carbocycles. The topological polar surface area (TPSA) is 88.2 Å². The summed E-state index contributed by atoms with van der Waals surface area (Å²) in [7, 11) is -3.43. The monoisotopic (exact) mass is 429 g/mol. The van der Waals surface area contributed by atoms with E-state index < -0.39 is 15.9 Å². The molecule has 2 N–H and O–H groups in total. The van der Waals surface area contributed by atoms with E-state index in [0.717, 1.165) is 29.5 Å². The van der Waals surface area contributed by atoms with Crippen molar-refractivity contribution in [3.05, 3.63) is 76.9 Å². The number of sulfonamides is 1. The Balaban J connectivity index is 1.86. The summed E-state index contributed by atoms with van der Waals surface area (Å²) < 4.78 is 25.0. The summed E-state index contributed by atoms with van der Waals surface area (Å²) in [6, 6.07) is 15.7. The number of aromatic nitrogens is 1. The van der Waals surface area contributed by atoms with Gasteiger partial charge in [-0.05, 0) is 54.4 Å². The van der Waals surface area contributed by atoms with E-state index >= 15 is 0 Å². The number of benzene rings is 2. The fourth-order valence-corrected chi connectivity index (χ4v) is 3.72. The second-order valence-corrected chi connectivity index (χ2v) is 8.62. The lowest BCUT2D eigenvalue weighted by molar-refractivity contribution is 0.102. The Bertz CT molecular complexity index is 1150. The van der Waals surface area contributed by atoms with Crippen LogP contribution in [0.25, 0.3) is 11.3 Å². The first-order valence-electron chi connectivity index (χ1n) is 8.90. The van der Waals surface area contributed by atoms with E-state index in [0.29, 0.717) is 11.4 Å². The molecule has 0 atom stereocenters. The summed E-state index contributed by atoms with van der Waals surface area (Å²) in [5, 5.41) is 2.98. The molecule has 29 heavy (non-hydrogen) atoms. The number of carbonyl (C=O) groups is 1. The minimum atomic E-state index is -3.43. The van der Waals surface area contributed by atoms with Crippen molar-refractivity contribution in [3.8, 4) is 11.3 Å². The van der Waals surface area contributed by atoms with Crippen molar-refractivity contribution >= 4 is 38.9 Å². The molecule has 2 aromatic carbocycles. The quantitative estimate of drug-likeness (QED) is 0.599. The fraction of sp³-hybridized carbons (Fsp3) is 0.143. The first kappa shape index (κ1) is 20.8. The molecule has 0 radical (unpaired) electrons. The van der Waals surface area contributed by atoms with Crippen molar-refractivity contribution in [3.63, 3.8) is 0 Å². The summed E-state index contributed by atoms with van der Waals surface area (Å²) in [4.78, 5) is 17.1. The predicted molar refractivity (Wildman–Crippen MR) is 117 cm³/mol. The number of halogens is 1. The van der Waals surface area contributed by atoms with E-state index in [-0.39, 0.29) is 10.6 Å². The second-order valence-electron chi connectivity index (χ2n) is 6.46. The summed E-state index contributed by atoms with van der Waals surface area (Å²) in [5.41, 5.74) is 4.04. The Morgan fingerprint density at radius 2 is 1.83 bits per heavy atom. The number of hydrogen-bond donors (Lipinski definition) is 2. The van der Waals surface area contributed by atoms with Crippen LogP contribution < -0.4 is 10.0 Å².